The molecule has 0 aliphatic rings. The fourth-order valence-electron chi connectivity index (χ4n) is 2.78. The van der Waals surface area contributed by atoms with Crippen LogP contribution in [-0.4, -0.2) is 38.7 Å². The molecule has 2 N–H and O–H groups in total. The van der Waals surface area contributed by atoms with Crippen molar-refractivity contribution in [1.82, 2.24) is 25.1 Å². The Bertz CT molecular complexity index is 1030. The first-order chi connectivity index (χ1) is 13.5. The lowest BCUT2D eigenvalue weighted by Gasteiger charge is -2.10. The van der Waals surface area contributed by atoms with E-state index in [4.69, 9.17) is 5.26 Å². The summed E-state index contributed by atoms with van der Waals surface area (Å²) in [6.07, 6.45) is 0. The van der Waals surface area contributed by atoms with Crippen molar-refractivity contribution in [1.29, 1.82) is 5.26 Å². The van der Waals surface area contributed by atoms with E-state index in [1.165, 1.54) is 0 Å². The van der Waals surface area contributed by atoms with Gasteiger partial charge in [0.25, 0.3) is 5.91 Å². The van der Waals surface area contributed by atoms with Crippen LogP contribution in [0.3, 0.4) is 0 Å². The van der Waals surface area contributed by atoms with Crippen molar-refractivity contribution in [3.63, 3.8) is 0 Å². The third kappa shape index (κ3) is 4.51. The minimum atomic E-state index is -0.187. The molecule has 0 bridgehead atoms. The Balaban J connectivity index is 1.58. The monoisotopic (exact) mass is 375 g/mol. The van der Waals surface area contributed by atoms with Gasteiger partial charge in [0.2, 0.25) is 0 Å². The van der Waals surface area contributed by atoms with Crippen molar-refractivity contribution in [3.05, 3.63) is 64.7 Å². The predicted octanol–water partition coefficient (Wildman–Crippen LogP) is 2.30. The number of amides is 1. The van der Waals surface area contributed by atoms with E-state index < -0.39 is 0 Å². The van der Waals surface area contributed by atoms with Gasteiger partial charge in [0.15, 0.2) is 5.82 Å². The quantitative estimate of drug-likeness (QED) is 0.640. The summed E-state index contributed by atoms with van der Waals surface area (Å²) >= 11 is 0. The number of carbonyl (C=O) groups is 1. The number of anilines is 1. The summed E-state index contributed by atoms with van der Waals surface area (Å²) in [5.74, 6) is 1.81. The Hall–Kier alpha value is -3.73. The van der Waals surface area contributed by atoms with E-state index >= 15 is 0 Å². The standard InChI is InChI=1S/C20H21N7O/c1-13-10-14(2)27(26-13)19-11-18(24-15(3)25-19)22-8-9-23-20(28)17-6-4-16(12-21)5-7-17/h4-7,10-11H,8-9H2,1-3H3,(H,23,28)(H,22,24,25). The van der Waals surface area contributed by atoms with Crippen molar-refractivity contribution in [2.75, 3.05) is 18.4 Å². The first-order valence-corrected chi connectivity index (χ1v) is 8.88. The smallest absolute Gasteiger partial charge is 0.251 e. The maximum absolute atomic E-state index is 12.1. The van der Waals surface area contributed by atoms with Gasteiger partial charge in [-0.25, -0.2) is 14.6 Å². The Labute approximate surface area is 163 Å². The number of aromatic nitrogens is 4. The van der Waals surface area contributed by atoms with Crippen LogP contribution in [0.2, 0.25) is 0 Å². The van der Waals surface area contributed by atoms with Crippen molar-refractivity contribution in [2.45, 2.75) is 20.8 Å². The van der Waals surface area contributed by atoms with Crippen LogP contribution in [0, 0.1) is 32.1 Å². The van der Waals surface area contributed by atoms with Crippen molar-refractivity contribution >= 4 is 11.7 Å². The van der Waals surface area contributed by atoms with E-state index in [2.05, 4.69) is 25.7 Å². The van der Waals surface area contributed by atoms with Crippen LogP contribution in [-0.2, 0) is 0 Å². The molecule has 0 unspecified atom stereocenters. The molecule has 0 radical (unpaired) electrons. The molecule has 3 aromatic rings. The fourth-order valence-corrected chi connectivity index (χ4v) is 2.78. The lowest BCUT2D eigenvalue weighted by Crippen LogP contribution is -2.29. The highest BCUT2D eigenvalue weighted by atomic mass is 16.1. The van der Waals surface area contributed by atoms with Gasteiger partial charge in [-0.3, -0.25) is 4.79 Å². The maximum Gasteiger partial charge on any atom is 0.251 e. The average molecular weight is 375 g/mol. The Morgan fingerprint density at radius 2 is 1.86 bits per heavy atom. The summed E-state index contributed by atoms with van der Waals surface area (Å²) in [7, 11) is 0. The minimum absolute atomic E-state index is 0.187. The number of nitrogens with one attached hydrogen (secondary N) is 2. The highest BCUT2D eigenvalue weighted by Gasteiger charge is 2.09. The third-order valence-corrected chi connectivity index (χ3v) is 4.04. The van der Waals surface area contributed by atoms with E-state index in [0.29, 0.717) is 41.7 Å². The van der Waals surface area contributed by atoms with Crippen molar-refractivity contribution < 1.29 is 4.79 Å². The normalized spacial score (nSPS) is 10.4. The van der Waals surface area contributed by atoms with Crippen molar-refractivity contribution in [2.24, 2.45) is 0 Å². The highest BCUT2D eigenvalue weighted by molar-refractivity contribution is 5.94. The molecule has 8 nitrogen and oxygen atoms in total. The zero-order valence-corrected chi connectivity index (χ0v) is 16.0. The molecule has 1 aromatic carbocycles. The van der Waals surface area contributed by atoms with Crippen LogP contribution < -0.4 is 10.6 Å². The largest absolute Gasteiger partial charge is 0.368 e. The van der Waals surface area contributed by atoms with Crippen LogP contribution in [0.5, 0.6) is 0 Å². The summed E-state index contributed by atoms with van der Waals surface area (Å²) in [6.45, 7) is 6.68. The number of hydrogen-bond acceptors (Lipinski definition) is 6. The van der Waals surface area contributed by atoms with Gasteiger partial charge in [0, 0.05) is 30.4 Å². The lowest BCUT2D eigenvalue weighted by atomic mass is 10.1. The molecule has 0 saturated heterocycles. The summed E-state index contributed by atoms with van der Waals surface area (Å²) in [5.41, 5.74) is 2.96. The van der Waals surface area contributed by atoms with Gasteiger partial charge in [0.05, 0.1) is 17.3 Å². The topological polar surface area (TPSA) is 109 Å². The van der Waals surface area contributed by atoms with Gasteiger partial charge >= 0.3 is 0 Å². The van der Waals surface area contributed by atoms with Crippen LogP contribution in [0.4, 0.5) is 5.82 Å². The van der Waals surface area contributed by atoms with E-state index in [1.54, 1.807) is 28.9 Å². The first kappa shape index (κ1) is 19.0. The van der Waals surface area contributed by atoms with E-state index in [-0.39, 0.29) is 5.91 Å². The van der Waals surface area contributed by atoms with Crippen molar-refractivity contribution in [3.8, 4) is 11.9 Å². The molecule has 2 aromatic heterocycles. The van der Waals surface area contributed by atoms with Crippen LogP contribution in [0.25, 0.3) is 5.82 Å². The van der Waals surface area contributed by atoms with Gasteiger partial charge in [-0.15, -0.1) is 0 Å². The molecule has 0 aliphatic carbocycles. The summed E-state index contributed by atoms with van der Waals surface area (Å²) in [4.78, 5) is 21.0. The summed E-state index contributed by atoms with van der Waals surface area (Å²) in [5, 5.41) is 19.3. The molecule has 142 valence electrons. The van der Waals surface area contributed by atoms with E-state index in [0.717, 1.165) is 11.4 Å². The molecule has 0 fully saturated rings. The number of carbonyl (C=O) groups excluding carboxylic acids is 1. The fraction of sp³-hybridized carbons (Fsp3) is 0.250. The molecule has 0 saturated carbocycles. The SMILES string of the molecule is Cc1cc(C)n(-c2cc(NCCNC(=O)c3ccc(C#N)cc3)nc(C)n2)n1. The molecule has 0 aliphatic heterocycles. The average Bonchev–Trinajstić information content (AvgIpc) is 3.03. The number of benzene rings is 1. The predicted molar refractivity (Wildman–Crippen MR) is 105 cm³/mol. The third-order valence-electron chi connectivity index (χ3n) is 4.04. The van der Waals surface area contributed by atoms with Crippen LogP contribution in [0.15, 0.2) is 36.4 Å². The summed E-state index contributed by atoms with van der Waals surface area (Å²) in [6, 6.07) is 12.4. The molecular formula is C20H21N7O. The number of hydrogen-bond donors (Lipinski definition) is 2. The highest BCUT2D eigenvalue weighted by Crippen LogP contribution is 2.13. The summed E-state index contributed by atoms with van der Waals surface area (Å²) < 4.78 is 1.78. The number of aryl methyl sites for hydroxylation is 3. The van der Waals surface area contributed by atoms with Gasteiger partial charge < -0.3 is 10.6 Å². The maximum atomic E-state index is 12.1. The molecular weight excluding hydrogens is 354 g/mol. The second kappa shape index (κ2) is 8.31. The number of nitrogens with zero attached hydrogens (tertiary/aromatic N) is 5. The second-order valence-electron chi connectivity index (χ2n) is 6.37. The van der Waals surface area contributed by atoms with Gasteiger partial charge in [-0.2, -0.15) is 10.4 Å². The van der Waals surface area contributed by atoms with Crippen LogP contribution in [0.1, 0.15) is 33.1 Å². The zero-order chi connectivity index (χ0) is 20.1. The lowest BCUT2D eigenvalue weighted by molar-refractivity contribution is 0.0955. The first-order valence-electron chi connectivity index (χ1n) is 8.88. The zero-order valence-electron chi connectivity index (χ0n) is 16.0. The number of nitriles is 1. The molecule has 0 atom stereocenters. The molecule has 28 heavy (non-hydrogen) atoms. The van der Waals surface area contributed by atoms with Gasteiger partial charge in [-0.1, -0.05) is 0 Å². The van der Waals surface area contributed by atoms with Crippen LogP contribution >= 0.6 is 0 Å². The number of rotatable bonds is 6. The minimum Gasteiger partial charge on any atom is -0.368 e. The molecule has 8 heteroatoms. The molecule has 1 amide bonds. The Kier molecular flexibility index (Phi) is 5.65. The van der Waals surface area contributed by atoms with Gasteiger partial charge in [-0.05, 0) is 51.1 Å². The Morgan fingerprint density at radius 3 is 2.50 bits per heavy atom. The van der Waals surface area contributed by atoms with E-state index in [1.807, 2.05) is 39.0 Å². The molecule has 3 rings (SSSR count). The van der Waals surface area contributed by atoms with E-state index in [9.17, 15) is 4.79 Å². The second-order valence-corrected chi connectivity index (χ2v) is 6.37. The van der Waals surface area contributed by atoms with Gasteiger partial charge in [0.1, 0.15) is 11.6 Å². The molecule has 2 heterocycles. The molecule has 0 spiro atoms. The Morgan fingerprint density at radius 1 is 1.11 bits per heavy atom.